The molecule has 50 valence electrons. The van der Waals surface area contributed by atoms with Crippen molar-refractivity contribution in [2.75, 3.05) is 0 Å². The van der Waals surface area contributed by atoms with Gasteiger partial charge in [0.05, 0.1) is 0 Å². The van der Waals surface area contributed by atoms with E-state index in [1.54, 1.807) is 11.2 Å². The lowest BCUT2D eigenvalue weighted by atomic mass is 10.6. The molecule has 5 nitrogen and oxygen atoms in total. The number of nitrogens with zero attached hydrogens (tertiary/aromatic N) is 4. The lowest BCUT2D eigenvalue weighted by Gasteiger charge is -2.20. The molecule has 0 unspecified atom stereocenters. The van der Waals surface area contributed by atoms with E-state index < -0.39 is 0 Å². The number of aliphatic imine (C=N–C) groups is 1. The second kappa shape index (κ2) is 1.94. The molecule has 0 atom stereocenters. The minimum absolute atomic E-state index is 0.560. The van der Waals surface area contributed by atoms with Gasteiger partial charge in [0.1, 0.15) is 6.34 Å². The van der Waals surface area contributed by atoms with Gasteiger partial charge in [-0.05, 0) is 6.08 Å². The van der Waals surface area contributed by atoms with Crippen LogP contribution in [0.5, 0.6) is 0 Å². The zero-order chi connectivity index (χ0) is 6.81. The topological polar surface area (TPSA) is 52.3 Å². The first-order valence-electron chi connectivity index (χ1n) is 2.82. The maximum atomic E-state index is 3.94. The maximum absolute atomic E-state index is 3.94. The molecule has 10 heavy (non-hydrogen) atoms. The third kappa shape index (κ3) is 0.680. The van der Waals surface area contributed by atoms with Crippen molar-refractivity contribution in [1.29, 1.82) is 0 Å². The van der Waals surface area contributed by atoms with E-state index in [4.69, 9.17) is 0 Å². The highest BCUT2D eigenvalue weighted by molar-refractivity contribution is 5.95. The van der Waals surface area contributed by atoms with E-state index in [9.17, 15) is 0 Å². The predicted octanol–water partition coefficient (Wildman–Crippen LogP) is -0.296. The number of fused-ring (bicyclic) bond motifs is 1. The van der Waals surface area contributed by atoms with Gasteiger partial charge >= 0.3 is 0 Å². The molecule has 2 heterocycles. The second-order valence-electron chi connectivity index (χ2n) is 1.76. The molecule has 0 aromatic rings. The van der Waals surface area contributed by atoms with Crippen molar-refractivity contribution in [2.24, 2.45) is 15.2 Å². The zero-order valence-electron chi connectivity index (χ0n) is 5.10. The summed E-state index contributed by atoms with van der Waals surface area (Å²) < 4.78 is 0. The Bertz CT molecular complexity index is 249. The summed E-state index contributed by atoms with van der Waals surface area (Å²) >= 11 is 0. The molecule has 5 heteroatoms. The molecule has 0 saturated heterocycles. The number of guanidine groups is 1. The van der Waals surface area contributed by atoms with Crippen LogP contribution in [0.25, 0.3) is 0 Å². The summed E-state index contributed by atoms with van der Waals surface area (Å²) in [6, 6.07) is 0. The largest absolute Gasteiger partial charge is 0.279 e. The molecule has 0 saturated carbocycles. The SMILES string of the molecule is C1=CN2NC=NN=C2N=C1. The van der Waals surface area contributed by atoms with Gasteiger partial charge in [-0.1, -0.05) is 0 Å². The van der Waals surface area contributed by atoms with E-state index in [1.165, 1.54) is 6.34 Å². The Morgan fingerprint density at radius 1 is 1.50 bits per heavy atom. The van der Waals surface area contributed by atoms with E-state index in [0.29, 0.717) is 5.96 Å². The highest BCUT2D eigenvalue weighted by Crippen LogP contribution is 1.98. The number of hydrogen-bond donors (Lipinski definition) is 1. The van der Waals surface area contributed by atoms with E-state index in [0.717, 1.165) is 0 Å². The molecule has 2 aliphatic heterocycles. The Labute approximate surface area is 57.4 Å². The summed E-state index contributed by atoms with van der Waals surface area (Å²) in [5, 5.41) is 9.05. The van der Waals surface area contributed by atoms with Crippen LogP contribution in [-0.4, -0.2) is 23.5 Å². The van der Waals surface area contributed by atoms with Gasteiger partial charge in [-0.2, -0.15) is 0 Å². The summed E-state index contributed by atoms with van der Waals surface area (Å²) in [4.78, 5) is 3.94. The molecule has 0 bridgehead atoms. The minimum Gasteiger partial charge on any atom is -0.279 e. The van der Waals surface area contributed by atoms with Gasteiger partial charge in [-0.3, -0.25) is 5.43 Å². The van der Waals surface area contributed by atoms with Gasteiger partial charge in [0.25, 0.3) is 5.96 Å². The average molecular weight is 135 g/mol. The smallest absolute Gasteiger partial charge is 0.268 e. The van der Waals surface area contributed by atoms with Crippen molar-refractivity contribution < 1.29 is 0 Å². The van der Waals surface area contributed by atoms with Gasteiger partial charge in [0, 0.05) is 12.4 Å². The normalized spacial score (nSPS) is 20.0. The molecule has 0 spiro atoms. The molecule has 2 rings (SSSR count). The standard InChI is InChI=1S/C5H5N5/c1-2-6-5-9-7-4-8-10(5)3-1/h1-4H,(H,7,8). The number of rotatable bonds is 0. The number of allylic oxidation sites excluding steroid dienone is 1. The first kappa shape index (κ1) is 5.16. The third-order valence-corrected chi connectivity index (χ3v) is 1.13. The molecular formula is C5H5N5. The first-order chi connectivity index (χ1) is 4.97. The summed E-state index contributed by atoms with van der Waals surface area (Å²) in [6.45, 7) is 0. The molecule has 2 aliphatic rings. The van der Waals surface area contributed by atoms with Crippen LogP contribution < -0.4 is 5.43 Å². The maximum Gasteiger partial charge on any atom is 0.268 e. The predicted molar refractivity (Wildman–Crippen MR) is 38.5 cm³/mol. The van der Waals surface area contributed by atoms with Crippen LogP contribution in [0, 0.1) is 0 Å². The number of nitrogens with one attached hydrogen (secondary N) is 1. The van der Waals surface area contributed by atoms with Gasteiger partial charge in [0.15, 0.2) is 0 Å². The fourth-order valence-electron chi connectivity index (χ4n) is 0.706. The molecular weight excluding hydrogens is 130 g/mol. The van der Waals surface area contributed by atoms with E-state index in [2.05, 4.69) is 20.6 Å². The first-order valence-corrected chi connectivity index (χ1v) is 2.82. The molecule has 0 amide bonds. The van der Waals surface area contributed by atoms with Gasteiger partial charge in [-0.15, -0.1) is 10.2 Å². The Morgan fingerprint density at radius 2 is 2.50 bits per heavy atom. The summed E-state index contributed by atoms with van der Waals surface area (Å²) in [5.41, 5.74) is 2.83. The van der Waals surface area contributed by atoms with Crippen molar-refractivity contribution in [1.82, 2.24) is 10.4 Å². The van der Waals surface area contributed by atoms with Gasteiger partial charge in [-0.25, -0.2) is 10.0 Å². The number of hydrazine groups is 1. The zero-order valence-corrected chi connectivity index (χ0v) is 5.10. The quantitative estimate of drug-likeness (QED) is 0.496. The van der Waals surface area contributed by atoms with E-state index in [-0.39, 0.29) is 0 Å². The van der Waals surface area contributed by atoms with Crippen molar-refractivity contribution in [3.8, 4) is 0 Å². The minimum atomic E-state index is 0.560. The molecule has 0 aliphatic carbocycles. The van der Waals surface area contributed by atoms with Crippen LogP contribution in [-0.2, 0) is 0 Å². The monoisotopic (exact) mass is 135 g/mol. The highest BCUT2D eigenvalue weighted by atomic mass is 15.6. The molecule has 0 fully saturated rings. The molecule has 1 N–H and O–H groups in total. The van der Waals surface area contributed by atoms with Crippen molar-refractivity contribution in [3.63, 3.8) is 0 Å². The van der Waals surface area contributed by atoms with Gasteiger partial charge < -0.3 is 0 Å². The Balaban J connectivity index is 2.34. The van der Waals surface area contributed by atoms with Gasteiger partial charge in [0.2, 0.25) is 0 Å². The Morgan fingerprint density at radius 3 is 3.40 bits per heavy atom. The lowest BCUT2D eigenvalue weighted by molar-refractivity contribution is 0.494. The van der Waals surface area contributed by atoms with Crippen LogP contribution in [0.15, 0.2) is 27.5 Å². The van der Waals surface area contributed by atoms with Crippen LogP contribution in [0.3, 0.4) is 0 Å². The molecule has 0 radical (unpaired) electrons. The Hall–Kier alpha value is -1.65. The van der Waals surface area contributed by atoms with E-state index in [1.807, 2.05) is 12.3 Å². The summed E-state index contributed by atoms with van der Waals surface area (Å²) in [6.07, 6.45) is 6.79. The third-order valence-electron chi connectivity index (χ3n) is 1.13. The van der Waals surface area contributed by atoms with Crippen LogP contribution in [0.4, 0.5) is 0 Å². The fourth-order valence-corrected chi connectivity index (χ4v) is 0.706. The van der Waals surface area contributed by atoms with Crippen molar-refractivity contribution in [3.05, 3.63) is 12.3 Å². The fraction of sp³-hybridized carbons (Fsp3) is 0. The van der Waals surface area contributed by atoms with Crippen LogP contribution >= 0.6 is 0 Å². The van der Waals surface area contributed by atoms with Crippen molar-refractivity contribution in [2.45, 2.75) is 0 Å². The summed E-state index contributed by atoms with van der Waals surface area (Å²) in [7, 11) is 0. The number of hydrogen-bond acceptors (Lipinski definition) is 5. The highest BCUT2D eigenvalue weighted by Gasteiger charge is 2.09. The van der Waals surface area contributed by atoms with E-state index >= 15 is 0 Å². The summed E-state index contributed by atoms with van der Waals surface area (Å²) in [5.74, 6) is 0.560. The second-order valence-corrected chi connectivity index (χ2v) is 1.76. The average Bonchev–Trinajstić information content (AvgIpc) is 2.05. The lowest BCUT2D eigenvalue weighted by Crippen LogP contribution is -2.40. The molecule has 0 aromatic carbocycles. The Kier molecular flexibility index (Phi) is 1.00. The van der Waals surface area contributed by atoms with Crippen LogP contribution in [0.2, 0.25) is 0 Å². The van der Waals surface area contributed by atoms with Crippen molar-refractivity contribution >= 4 is 18.5 Å². The van der Waals surface area contributed by atoms with Crippen LogP contribution in [0.1, 0.15) is 0 Å². The molecule has 0 aromatic heterocycles.